The summed E-state index contributed by atoms with van der Waals surface area (Å²) in [5.41, 5.74) is 0.315. The van der Waals surface area contributed by atoms with E-state index >= 15 is 0 Å². The molecule has 4 aromatic rings. The largest absolute Gasteiger partial charge is 0.346 e. The minimum absolute atomic E-state index is 0.168. The molecule has 31 heavy (non-hydrogen) atoms. The van der Waals surface area contributed by atoms with Crippen molar-refractivity contribution in [2.75, 3.05) is 0 Å². The summed E-state index contributed by atoms with van der Waals surface area (Å²) in [6.45, 7) is 0.366. The molecule has 158 valence electrons. The molecule has 4 rings (SSSR count). The second-order valence-electron chi connectivity index (χ2n) is 6.59. The van der Waals surface area contributed by atoms with Gasteiger partial charge in [0.1, 0.15) is 5.82 Å². The molecule has 0 aliphatic carbocycles. The van der Waals surface area contributed by atoms with Crippen LogP contribution < -0.4 is 16.6 Å². The van der Waals surface area contributed by atoms with Crippen LogP contribution >= 0.6 is 22.9 Å². The van der Waals surface area contributed by atoms with E-state index in [9.17, 15) is 14.4 Å². The number of imidazole rings is 1. The maximum absolute atomic E-state index is 12.3. The minimum Gasteiger partial charge on any atom is -0.346 e. The zero-order valence-corrected chi connectivity index (χ0v) is 18.0. The highest BCUT2D eigenvalue weighted by atomic mass is 35.5. The van der Waals surface area contributed by atoms with E-state index in [-0.39, 0.29) is 27.1 Å². The Balaban J connectivity index is 1.58. The molecule has 0 saturated heterocycles. The van der Waals surface area contributed by atoms with Gasteiger partial charge in [0.25, 0.3) is 11.5 Å². The Kier molecular flexibility index (Phi) is 5.53. The van der Waals surface area contributed by atoms with Crippen LogP contribution in [0.5, 0.6) is 0 Å². The van der Waals surface area contributed by atoms with Gasteiger partial charge in [0.2, 0.25) is 5.01 Å². The van der Waals surface area contributed by atoms with Crippen molar-refractivity contribution in [1.82, 2.24) is 34.6 Å². The van der Waals surface area contributed by atoms with Crippen LogP contribution in [0.25, 0.3) is 22.3 Å². The molecule has 1 amide bonds. The van der Waals surface area contributed by atoms with Crippen LogP contribution in [0, 0.1) is 0 Å². The van der Waals surface area contributed by atoms with E-state index in [1.807, 2.05) is 30.3 Å². The van der Waals surface area contributed by atoms with Crippen LogP contribution in [0.1, 0.15) is 26.2 Å². The molecule has 0 unspecified atom stereocenters. The van der Waals surface area contributed by atoms with Crippen molar-refractivity contribution < 1.29 is 4.79 Å². The lowest BCUT2D eigenvalue weighted by atomic mass is 10.2. The first-order valence-corrected chi connectivity index (χ1v) is 10.2. The number of nitrogens with zero attached hydrogens (tertiary/aromatic N) is 5. The monoisotopic (exact) mass is 457 g/mol. The van der Waals surface area contributed by atoms with Crippen LogP contribution in [-0.4, -0.2) is 35.2 Å². The first kappa shape index (κ1) is 20.7. The van der Waals surface area contributed by atoms with E-state index < -0.39 is 11.2 Å². The highest BCUT2D eigenvalue weighted by Gasteiger charge is 2.17. The SMILES string of the molecule is Cn1c(C=C(Cl)c2nnc(C(=O)NCc3ccccc3)s2)nc2c1c(=O)[nH]c(=O)n2C. The maximum atomic E-state index is 12.3. The number of aromatic nitrogens is 6. The molecule has 0 bridgehead atoms. The van der Waals surface area contributed by atoms with Gasteiger partial charge in [-0.3, -0.25) is 19.1 Å². The van der Waals surface area contributed by atoms with E-state index in [2.05, 4.69) is 25.5 Å². The van der Waals surface area contributed by atoms with Crippen LogP contribution in [0.4, 0.5) is 0 Å². The number of nitrogens with one attached hydrogen (secondary N) is 2. The van der Waals surface area contributed by atoms with E-state index in [0.29, 0.717) is 17.4 Å². The van der Waals surface area contributed by atoms with Gasteiger partial charge in [-0.25, -0.2) is 9.78 Å². The van der Waals surface area contributed by atoms with Crippen molar-refractivity contribution in [3.8, 4) is 0 Å². The molecule has 0 radical (unpaired) electrons. The molecule has 3 heterocycles. The van der Waals surface area contributed by atoms with E-state index in [0.717, 1.165) is 16.9 Å². The minimum atomic E-state index is -0.562. The van der Waals surface area contributed by atoms with Crippen molar-refractivity contribution in [3.05, 3.63) is 72.6 Å². The predicted octanol–water partition coefficient (Wildman–Crippen LogP) is 1.48. The normalized spacial score (nSPS) is 11.8. The average molecular weight is 458 g/mol. The van der Waals surface area contributed by atoms with Crippen LogP contribution in [0.2, 0.25) is 0 Å². The number of hydrogen-bond acceptors (Lipinski definition) is 7. The van der Waals surface area contributed by atoms with Gasteiger partial charge in [-0.15, -0.1) is 10.2 Å². The third-order valence-electron chi connectivity index (χ3n) is 4.54. The van der Waals surface area contributed by atoms with Crippen molar-refractivity contribution in [3.63, 3.8) is 0 Å². The van der Waals surface area contributed by atoms with Gasteiger partial charge < -0.3 is 9.88 Å². The number of carbonyl (C=O) groups is 1. The Hall–Kier alpha value is -3.57. The molecule has 0 atom stereocenters. The van der Waals surface area contributed by atoms with Crippen LogP contribution in [0.3, 0.4) is 0 Å². The second-order valence-corrected chi connectivity index (χ2v) is 7.98. The van der Waals surface area contributed by atoms with Gasteiger partial charge >= 0.3 is 5.69 Å². The zero-order chi connectivity index (χ0) is 22.1. The summed E-state index contributed by atoms with van der Waals surface area (Å²) in [5.74, 6) is -0.0155. The number of benzene rings is 1. The molecule has 0 saturated carbocycles. The van der Waals surface area contributed by atoms with Crippen molar-refractivity contribution >= 4 is 51.1 Å². The Morgan fingerprint density at radius 2 is 1.87 bits per heavy atom. The van der Waals surface area contributed by atoms with E-state index in [1.54, 1.807) is 7.05 Å². The van der Waals surface area contributed by atoms with Crippen molar-refractivity contribution in [2.24, 2.45) is 14.1 Å². The summed E-state index contributed by atoms with van der Waals surface area (Å²) in [6.07, 6.45) is 1.50. The van der Waals surface area contributed by atoms with Gasteiger partial charge in [0.05, 0.1) is 5.03 Å². The number of hydrogen-bond donors (Lipinski definition) is 2. The van der Waals surface area contributed by atoms with E-state index in [1.165, 1.54) is 22.3 Å². The second kappa shape index (κ2) is 8.28. The van der Waals surface area contributed by atoms with Gasteiger partial charge in [-0.1, -0.05) is 53.3 Å². The molecule has 0 spiro atoms. The summed E-state index contributed by atoms with van der Waals surface area (Å²) in [4.78, 5) is 42.8. The average Bonchev–Trinajstić information content (AvgIpc) is 3.37. The summed E-state index contributed by atoms with van der Waals surface area (Å²) >= 11 is 7.40. The van der Waals surface area contributed by atoms with Gasteiger partial charge in [0.15, 0.2) is 16.2 Å². The summed E-state index contributed by atoms with van der Waals surface area (Å²) in [7, 11) is 3.14. The first-order valence-electron chi connectivity index (χ1n) is 9.04. The molecular weight excluding hydrogens is 442 g/mol. The summed E-state index contributed by atoms with van der Waals surface area (Å²) < 4.78 is 2.76. The lowest BCUT2D eigenvalue weighted by Crippen LogP contribution is -2.29. The maximum Gasteiger partial charge on any atom is 0.329 e. The third kappa shape index (κ3) is 4.05. The fraction of sp³-hybridized carbons (Fsp3) is 0.158. The predicted molar refractivity (Wildman–Crippen MR) is 118 cm³/mol. The fourth-order valence-corrected chi connectivity index (χ4v) is 3.81. The number of fused-ring (bicyclic) bond motifs is 1. The first-order chi connectivity index (χ1) is 14.8. The molecule has 2 N–H and O–H groups in total. The quantitative estimate of drug-likeness (QED) is 0.467. The Labute approximate surface area is 183 Å². The lowest BCUT2D eigenvalue weighted by Gasteiger charge is -2.02. The van der Waals surface area contributed by atoms with Gasteiger partial charge in [0, 0.05) is 26.7 Å². The van der Waals surface area contributed by atoms with Crippen LogP contribution in [0.15, 0.2) is 39.9 Å². The number of aryl methyl sites for hydroxylation is 2. The number of aromatic amines is 1. The smallest absolute Gasteiger partial charge is 0.329 e. The molecule has 12 heteroatoms. The van der Waals surface area contributed by atoms with Gasteiger partial charge in [-0.05, 0) is 5.56 Å². The number of H-pyrrole nitrogens is 1. The Morgan fingerprint density at radius 1 is 1.16 bits per heavy atom. The third-order valence-corrected chi connectivity index (χ3v) is 5.90. The molecule has 10 nitrogen and oxygen atoms in total. The lowest BCUT2D eigenvalue weighted by molar-refractivity contribution is 0.0950. The number of rotatable bonds is 5. The zero-order valence-electron chi connectivity index (χ0n) is 16.4. The molecule has 3 aromatic heterocycles. The van der Waals surface area contributed by atoms with Crippen LogP contribution in [-0.2, 0) is 20.6 Å². The summed E-state index contributed by atoms with van der Waals surface area (Å²) in [5, 5.41) is 11.3. The standard InChI is InChI=1S/C19H16ClN7O3S/c1-26-12(22-14-13(26)15(28)23-19(30)27(14)2)8-11(20)17-24-25-18(31-17)16(29)21-9-10-6-4-3-5-7-10/h3-8H,9H2,1-2H3,(H,21,29)(H,23,28,30). The number of carbonyl (C=O) groups excluding carboxylic acids is 1. The Morgan fingerprint density at radius 3 is 2.61 bits per heavy atom. The van der Waals surface area contributed by atoms with E-state index in [4.69, 9.17) is 11.6 Å². The molecule has 0 fully saturated rings. The van der Waals surface area contributed by atoms with Crippen molar-refractivity contribution in [2.45, 2.75) is 6.54 Å². The highest BCUT2D eigenvalue weighted by molar-refractivity contribution is 7.15. The molecule has 1 aromatic carbocycles. The molecular formula is C19H16ClN7O3S. The number of amides is 1. The number of halogens is 1. The molecule has 0 aliphatic rings. The van der Waals surface area contributed by atoms with Crippen molar-refractivity contribution in [1.29, 1.82) is 0 Å². The highest BCUT2D eigenvalue weighted by Crippen LogP contribution is 2.25. The Bertz CT molecular complexity index is 1430. The molecule has 0 aliphatic heterocycles. The summed E-state index contributed by atoms with van der Waals surface area (Å²) in [6, 6.07) is 9.49. The fourth-order valence-electron chi connectivity index (χ4n) is 2.89. The topological polar surface area (TPSA) is 128 Å². The van der Waals surface area contributed by atoms with Gasteiger partial charge in [-0.2, -0.15) is 0 Å².